The molecule has 9 amide bonds. The number of aliphatic hydroxyl groups excluding tert-OH is 9. The van der Waals surface area contributed by atoms with Crippen molar-refractivity contribution in [3.05, 3.63) is 29.3 Å². The monoisotopic (exact) mass is 1010 g/mol. The Balaban J connectivity index is 1.60. The van der Waals surface area contributed by atoms with Gasteiger partial charge in [-0.05, 0) is 43.9 Å². The van der Waals surface area contributed by atoms with E-state index in [4.69, 9.17) is 0 Å². The van der Waals surface area contributed by atoms with Crippen molar-refractivity contribution in [3.8, 4) is 0 Å². The second kappa shape index (κ2) is 28.5. The molecule has 0 aromatic heterocycles. The maximum atomic E-state index is 13.7. The summed E-state index contributed by atoms with van der Waals surface area (Å²) in [7, 11) is 0. The largest absolute Gasteiger partial charge is 0.394 e. The summed E-state index contributed by atoms with van der Waals surface area (Å²) in [6.07, 6.45) is -0.748. The summed E-state index contributed by atoms with van der Waals surface area (Å²) < 4.78 is 0. The Morgan fingerprint density at radius 2 is 1.20 bits per heavy atom. The molecule has 2 aliphatic heterocycles. The Hall–Kier alpha value is -5.36. The molecule has 2 aliphatic rings. The number of hydrogen-bond donors (Lipinski definition) is 16. The molecule has 26 nitrogen and oxygen atoms in total. The predicted octanol–water partition coefficient (Wildman–Crippen LogP) is -6.47. The van der Waals surface area contributed by atoms with Crippen molar-refractivity contribution >= 4 is 70.6 Å². The normalized spacial score (nSPS) is 16.0. The summed E-state index contributed by atoms with van der Waals surface area (Å²) in [5, 5.41) is 105. The van der Waals surface area contributed by atoms with Gasteiger partial charge in [0.1, 0.15) is 22.7 Å². The average Bonchev–Trinajstić information content (AvgIpc) is 3.60. The molecule has 0 radical (unpaired) electrons. The lowest BCUT2D eigenvalue weighted by Crippen LogP contribution is -2.59. The van der Waals surface area contributed by atoms with Gasteiger partial charge in [0.25, 0.3) is 11.8 Å². The third kappa shape index (κ3) is 16.4. The molecule has 0 saturated carbocycles. The molecule has 27 heteroatoms. The van der Waals surface area contributed by atoms with Crippen molar-refractivity contribution in [2.24, 2.45) is 11.8 Å². The number of fused-ring (bicyclic) bond motifs is 1. The van der Waals surface area contributed by atoms with Crippen LogP contribution in [0.2, 0.25) is 0 Å². The van der Waals surface area contributed by atoms with E-state index in [2.05, 4.69) is 37.2 Å². The Kier molecular flexibility index (Phi) is 24.0. The zero-order valence-electron chi connectivity index (χ0n) is 38.6. The minimum atomic E-state index is -1.95. The molecule has 3 unspecified atom stereocenters. The zero-order chi connectivity index (χ0) is 52.1. The van der Waals surface area contributed by atoms with E-state index in [0.29, 0.717) is 18.7 Å². The van der Waals surface area contributed by atoms with E-state index < -0.39 is 154 Å². The standard InChI is InChI=1S/C43H66N8O18S/c52-17-41(18-53,19-54)48-34(63)8-12-70-16-27(13-26(37(66)50-43(23-58,24-59)25-60)14-35(64)49-42(20-55,21-56)22-57)36(65)46-9-1-3-32(61)45-11-2-10-44-28-4-5-29-30(15-28)40(69)51(39(29)68)31-6-7-33(62)47-38(31)67/h4-5,15,26-27,31,44,52-60H,1-3,6-14,16-25H2,(H,45,61)(H,46,65)(H,48,63)(H,49,64)(H,50,66)(H,47,62,67). The van der Waals surface area contributed by atoms with Gasteiger partial charge in [0.05, 0.1) is 70.6 Å². The molecule has 1 saturated heterocycles. The minimum Gasteiger partial charge on any atom is -0.394 e. The van der Waals surface area contributed by atoms with E-state index in [0.717, 1.165) is 16.7 Å². The molecule has 0 aliphatic carbocycles. The Labute approximate surface area is 406 Å². The molecule has 2 heterocycles. The molecule has 3 atom stereocenters. The van der Waals surface area contributed by atoms with E-state index in [9.17, 15) is 89.1 Å². The van der Waals surface area contributed by atoms with Crippen LogP contribution in [0.3, 0.4) is 0 Å². The van der Waals surface area contributed by atoms with Gasteiger partial charge in [-0.2, -0.15) is 11.8 Å². The number of anilines is 1. The van der Waals surface area contributed by atoms with E-state index in [1.807, 2.05) is 0 Å². The molecule has 1 aromatic carbocycles. The van der Waals surface area contributed by atoms with Gasteiger partial charge in [0, 0.05) is 74.3 Å². The molecule has 16 N–H and O–H groups in total. The van der Waals surface area contributed by atoms with Crippen LogP contribution in [0.4, 0.5) is 5.69 Å². The highest BCUT2D eigenvalue weighted by Crippen LogP contribution is 2.30. The maximum absolute atomic E-state index is 13.7. The van der Waals surface area contributed by atoms with Gasteiger partial charge in [0.2, 0.25) is 41.4 Å². The predicted molar refractivity (Wildman–Crippen MR) is 246 cm³/mol. The SMILES string of the molecule is O=C(CCCNC(=O)C(CSCCC(=O)NC(CO)(CO)CO)CC(CC(=O)NC(CO)(CO)CO)C(=O)NC(CO)(CO)CO)NCCCNc1ccc2c(c1)C(=O)N(C1CCC(=O)NC1=O)C2=O. The molecule has 0 bridgehead atoms. The maximum Gasteiger partial charge on any atom is 0.262 e. The van der Waals surface area contributed by atoms with Crippen molar-refractivity contribution in [2.45, 2.75) is 74.0 Å². The highest BCUT2D eigenvalue weighted by Gasteiger charge is 2.45. The summed E-state index contributed by atoms with van der Waals surface area (Å²) in [6.45, 7) is -7.21. The number of carbonyl (C=O) groups excluding carboxylic acids is 9. The zero-order valence-corrected chi connectivity index (χ0v) is 39.4. The van der Waals surface area contributed by atoms with Crippen LogP contribution in [0.1, 0.15) is 72.1 Å². The number of carbonyl (C=O) groups is 9. The van der Waals surface area contributed by atoms with Gasteiger partial charge in [-0.15, -0.1) is 0 Å². The first-order valence-electron chi connectivity index (χ1n) is 22.5. The van der Waals surface area contributed by atoms with Crippen molar-refractivity contribution in [1.82, 2.24) is 36.8 Å². The third-order valence-electron chi connectivity index (χ3n) is 11.8. The van der Waals surface area contributed by atoms with Crippen LogP contribution in [0.5, 0.6) is 0 Å². The fraction of sp³-hybridized carbons (Fsp3) is 0.651. The molecule has 3 rings (SSSR count). The van der Waals surface area contributed by atoms with Crippen LogP contribution >= 0.6 is 11.8 Å². The van der Waals surface area contributed by atoms with Crippen molar-refractivity contribution in [3.63, 3.8) is 0 Å². The minimum absolute atomic E-state index is 0.00964. The number of nitrogens with one attached hydrogen (secondary N) is 7. The third-order valence-corrected chi connectivity index (χ3v) is 12.9. The van der Waals surface area contributed by atoms with Crippen LogP contribution in [-0.2, 0) is 33.6 Å². The number of thioether (sulfide) groups is 1. The number of imide groups is 2. The Bertz CT molecular complexity index is 1970. The molecule has 1 aromatic rings. The summed E-state index contributed by atoms with van der Waals surface area (Å²) >= 11 is 1.07. The number of hydrogen-bond acceptors (Lipinski definition) is 20. The van der Waals surface area contributed by atoms with E-state index in [-0.39, 0.29) is 73.7 Å². The summed E-state index contributed by atoms with van der Waals surface area (Å²) in [5.41, 5.74) is -4.78. The molecule has 0 spiro atoms. The van der Waals surface area contributed by atoms with Crippen LogP contribution < -0.4 is 37.2 Å². The van der Waals surface area contributed by atoms with E-state index >= 15 is 0 Å². The summed E-state index contributed by atoms with van der Waals surface area (Å²) in [6, 6.07) is 3.44. The van der Waals surface area contributed by atoms with Crippen LogP contribution in [0.15, 0.2) is 18.2 Å². The number of benzene rings is 1. The number of nitrogens with zero attached hydrogens (tertiary/aromatic N) is 1. The Morgan fingerprint density at radius 3 is 1.79 bits per heavy atom. The van der Waals surface area contributed by atoms with Gasteiger partial charge in [-0.3, -0.25) is 53.4 Å². The lowest BCUT2D eigenvalue weighted by atomic mass is 9.89. The molecule has 1 fully saturated rings. The van der Waals surface area contributed by atoms with Gasteiger partial charge in [-0.1, -0.05) is 0 Å². The number of aliphatic hydroxyl groups is 9. The highest BCUT2D eigenvalue weighted by atomic mass is 32.2. The van der Waals surface area contributed by atoms with Gasteiger partial charge < -0.3 is 77.9 Å². The molecule has 70 heavy (non-hydrogen) atoms. The first-order chi connectivity index (χ1) is 33.4. The van der Waals surface area contributed by atoms with Crippen molar-refractivity contribution in [1.29, 1.82) is 0 Å². The second-order valence-electron chi connectivity index (χ2n) is 17.2. The van der Waals surface area contributed by atoms with Crippen molar-refractivity contribution < 1.29 is 89.1 Å². The van der Waals surface area contributed by atoms with Gasteiger partial charge in [-0.25, -0.2) is 0 Å². The smallest absolute Gasteiger partial charge is 0.262 e. The second-order valence-corrected chi connectivity index (χ2v) is 18.4. The van der Waals surface area contributed by atoms with Gasteiger partial charge >= 0.3 is 0 Å². The first kappa shape index (κ1) is 59.0. The Morgan fingerprint density at radius 1 is 0.643 bits per heavy atom. The summed E-state index contributed by atoms with van der Waals surface area (Å²) in [5.74, 6) is -8.67. The molecular weight excluding hydrogens is 949 g/mol. The topological polar surface area (TPSA) is 423 Å². The summed E-state index contributed by atoms with van der Waals surface area (Å²) in [4.78, 5) is 117. The van der Waals surface area contributed by atoms with E-state index in [1.54, 1.807) is 6.07 Å². The lowest BCUT2D eigenvalue weighted by molar-refractivity contribution is -0.136. The lowest BCUT2D eigenvalue weighted by Gasteiger charge is -2.32. The molecular formula is C43H66N8O18S. The average molecular weight is 1020 g/mol. The molecule has 392 valence electrons. The highest BCUT2D eigenvalue weighted by molar-refractivity contribution is 7.99. The van der Waals surface area contributed by atoms with E-state index in [1.165, 1.54) is 12.1 Å². The fourth-order valence-electron chi connectivity index (χ4n) is 7.19. The van der Waals surface area contributed by atoms with Crippen LogP contribution in [0, 0.1) is 11.8 Å². The fourth-order valence-corrected chi connectivity index (χ4v) is 8.26. The number of rotatable bonds is 33. The first-order valence-corrected chi connectivity index (χ1v) is 23.7. The number of piperidine rings is 1. The van der Waals surface area contributed by atoms with Gasteiger partial charge in [0.15, 0.2) is 0 Å². The number of amides is 9. The van der Waals surface area contributed by atoms with Crippen molar-refractivity contribution in [2.75, 3.05) is 95.9 Å². The van der Waals surface area contributed by atoms with Crippen LogP contribution in [0.25, 0.3) is 0 Å². The quantitative estimate of drug-likeness (QED) is 0.0230. The van der Waals surface area contributed by atoms with Crippen LogP contribution in [-0.4, -0.2) is 217 Å².